The molecule has 0 bridgehead atoms. The van der Waals surface area contributed by atoms with Gasteiger partial charge in [0.2, 0.25) is 0 Å². The molecule has 33 heavy (non-hydrogen) atoms. The number of hydrogen-bond acceptors (Lipinski definition) is 6. The van der Waals surface area contributed by atoms with Gasteiger partial charge in [-0.15, -0.1) is 0 Å². The molecule has 0 heterocycles. The van der Waals surface area contributed by atoms with Crippen molar-refractivity contribution in [2.45, 2.75) is 132 Å². The number of carboxylic acids is 3. The van der Waals surface area contributed by atoms with Crippen LogP contribution in [0.3, 0.4) is 0 Å². The van der Waals surface area contributed by atoms with Gasteiger partial charge in [-0.1, -0.05) is 87.0 Å². The second-order valence-corrected chi connectivity index (χ2v) is 9.63. The van der Waals surface area contributed by atoms with Gasteiger partial charge in [-0.05, 0) is 62.2 Å². The molecule has 0 aromatic rings. The van der Waals surface area contributed by atoms with Crippen molar-refractivity contribution in [2.24, 2.45) is 17.3 Å². The maximum atomic E-state index is 10.3. The molecule has 0 aliphatic heterocycles. The van der Waals surface area contributed by atoms with Gasteiger partial charge in [0.15, 0.2) is 0 Å². The zero-order chi connectivity index (χ0) is 25.6. The normalized spacial score (nSPS) is 12.1. The monoisotopic (exact) mass is 578 g/mol. The predicted molar refractivity (Wildman–Crippen MR) is 130 cm³/mol. The van der Waals surface area contributed by atoms with Gasteiger partial charge in [0.1, 0.15) is 0 Å². The van der Waals surface area contributed by atoms with E-state index in [9.17, 15) is 29.7 Å². The van der Waals surface area contributed by atoms with Crippen LogP contribution in [0.1, 0.15) is 132 Å². The van der Waals surface area contributed by atoms with Crippen molar-refractivity contribution in [1.82, 2.24) is 0 Å². The van der Waals surface area contributed by atoms with Crippen LogP contribution < -0.4 is 15.3 Å². The van der Waals surface area contributed by atoms with Crippen LogP contribution >= 0.6 is 0 Å². The minimum Gasteiger partial charge on any atom is -0.550 e. The van der Waals surface area contributed by atoms with E-state index < -0.39 is 17.9 Å². The van der Waals surface area contributed by atoms with Crippen LogP contribution in [-0.2, 0) is 14.4 Å². The molecule has 7 heteroatoms. The fraction of sp³-hybridized carbons (Fsp3) is 0.885. The molecule has 0 aromatic heterocycles. The SMILES string of the molecule is CC(C)(C)CCCCCC(=O)[O-].CCCCC(CC)C(=O)[O-].CCCCC(CC)C(=O)[O-].[Sb+3]. The first kappa shape index (κ1) is 39.4. The summed E-state index contributed by atoms with van der Waals surface area (Å²) in [6, 6.07) is 0. The third kappa shape index (κ3) is 33.5. The predicted octanol–water partition coefficient (Wildman–Crippen LogP) is 3.26. The Labute approximate surface area is 220 Å². The van der Waals surface area contributed by atoms with Gasteiger partial charge < -0.3 is 29.7 Å². The van der Waals surface area contributed by atoms with Gasteiger partial charge in [0, 0.05) is 17.9 Å². The molecule has 0 aliphatic rings. The maximum absolute atomic E-state index is 10.3. The molecular weight excluding hydrogens is 530 g/mol. The third-order valence-electron chi connectivity index (χ3n) is 5.27. The van der Waals surface area contributed by atoms with E-state index in [2.05, 4.69) is 34.6 Å². The average molecular weight is 579 g/mol. The molecule has 6 nitrogen and oxygen atoms in total. The van der Waals surface area contributed by atoms with E-state index in [1.807, 2.05) is 13.8 Å². The molecule has 2 radical (unpaired) electrons. The van der Waals surface area contributed by atoms with Gasteiger partial charge in [0.05, 0.1) is 0 Å². The molecular formula is C26H49O6Sb. The van der Waals surface area contributed by atoms with E-state index >= 15 is 0 Å². The third-order valence-corrected chi connectivity index (χ3v) is 5.27. The Morgan fingerprint density at radius 1 is 0.667 bits per heavy atom. The van der Waals surface area contributed by atoms with Crippen LogP contribution in [-0.4, -0.2) is 42.3 Å². The van der Waals surface area contributed by atoms with Crippen LogP contribution in [0, 0.1) is 17.3 Å². The molecule has 0 spiro atoms. The molecule has 0 aliphatic carbocycles. The fourth-order valence-electron chi connectivity index (χ4n) is 2.98. The Balaban J connectivity index is -0.000000189. The Hall–Kier alpha value is -0.772. The van der Waals surface area contributed by atoms with Crippen molar-refractivity contribution in [2.75, 3.05) is 0 Å². The number of hydrogen-bond donors (Lipinski definition) is 0. The largest absolute Gasteiger partial charge is 3.00 e. The van der Waals surface area contributed by atoms with Crippen molar-refractivity contribution in [3.05, 3.63) is 0 Å². The molecule has 2 unspecified atom stereocenters. The summed E-state index contributed by atoms with van der Waals surface area (Å²) in [6.07, 6.45) is 11.3. The summed E-state index contributed by atoms with van der Waals surface area (Å²) in [6.45, 7) is 14.5. The summed E-state index contributed by atoms with van der Waals surface area (Å²) in [7, 11) is 0. The molecule has 0 rings (SSSR count). The zero-order valence-electron chi connectivity index (χ0n) is 22.2. The number of carbonyl (C=O) groups excluding carboxylic acids is 3. The Morgan fingerprint density at radius 2 is 1.06 bits per heavy atom. The first-order valence-corrected chi connectivity index (χ1v) is 12.5. The summed E-state index contributed by atoms with van der Waals surface area (Å²) in [4.78, 5) is 30.7. The number of carbonyl (C=O) groups is 3. The number of unbranched alkanes of at least 4 members (excludes halogenated alkanes) is 4. The Morgan fingerprint density at radius 3 is 1.30 bits per heavy atom. The first-order chi connectivity index (χ1) is 14.9. The van der Waals surface area contributed by atoms with E-state index in [0.29, 0.717) is 18.3 Å². The van der Waals surface area contributed by atoms with Crippen molar-refractivity contribution in [3.63, 3.8) is 0 Å². The van der Waals surface area contributed by atoms with E-state index in [1.165, 1.54) is 6.42 Å². The van der Waals surface area contributed by atoms with Crippen LogP contribution in [0.4, 0.5) is 0 Å². The maximum Gasteiger partial charge on any atom is 3.00 e. The molecule has 0 saturated carbocycles. The molecule has 194 valence electrons. The van der Waals surface area contributed by atoms with Crippen LogP contribution in [0.25, 0.3) is 0 Å². The van der Waals surface area contributed by atoms with Crippen molar-refractivity contribution in [3.8, 4) is 0 Å². The molecule has 0 saturated heterocycles. The van der Waals surface area contributed by atoms with Crippen LogP contribution in [0.15, 0.2) is 0 Å². The quantitative estimate of drug-likeness (QED) is 0.217. The van der Waals surface area contributed by atoms with E-state index in [-0.39, 0.29) is 42.7 Å². The Bertz CT molecular complexity index is 448. The minimum absolute atomic E-state index is 0. The van der Waals surface area contributed by atoms with Gasteiger partial charge in [-0.2, -0.15) is 0 Å². The molecule has 0 aromatic carbocycles. The zero-order valence-corrected chi connectivity index (χ0v) is 24.8. The van der Waals surface area contributed by atoms with Crippen molar-refractivity contribution in [1.29, 1.82) is 0 Å². The molecule has 0 amide bonds. The summed E-state index contributed by atoms with van der Waals surface area (Å²) >= 11 is 0. The summed E-state index contributed by atoms with van der Waals surface area (Å²) in [5.74, 6) is -3.16. The number of rotatable bonds is 15. The summed E-state index contributed by atoms with van der Waals surface area (Å²) in [5.41, 5.74) is 0.376. The molecule has 2 atom stereocenters. The summed E-state index contributed by atoms with van der Waals surface area (Å²) in [5, 5.41) is 30.7. The smallest absolute Gasteiger partial charge is 0.550 e. The van der Waals surface area contributed by atoms with Crippen molar-refractivity contribution < 1.29 is 29.7 Å². The second-order valence-electron chi connectivity index (χ2n) is 9.63. The number of carboxylic acid groups (broad SMARTS) is 3. The van der Waals surface area contributed by atoms with Gasteiger partial charge in [-0.3, -0.25) is 0 Å². The van der Waals surface area contributed by atoms with E-state index in [4.69, 9.17) is 0 Å². The fourth-order valence-corrected chi connectivity index (χ4v) is 2.98. The summed E-state index contributed by atoms with van der Waals surface area (Å²) < 4.78 is 0. The van der Waals surface area contributed by atoms with Gasteiger partial charge in [0.25, 0.3) is 0 Å². The minimum atomic E-state index is -0.925. The second kappa shape index (κ2) is 25.8. The standard InChI is InChI=1S/C10H20O2.2C8H16O2.Sb/c1-10(2,3)8-6-4-5-7-9(11)12;2*1-3-5-6-7(4-2)8(9)10;/h4-8H2,1-3H3,(H,11,12);2*7H,3-6H2,1-2H3,(H,9,10);/q;;;+3/p-3. The van der Waals surface area contributed by atoms with Gasteiger partial charge >= 0.3 is 24.4 Å². The van der Waals surface area contributed by atoms with Gasteiger partial charge in [-0.25, -0.2) is 0 Å². The number of aliphatic carboxylic acids is 3. The van der Waals surface area contributed by atoms with E-state index in [1.54, 1.807) is 0 Å². The molecule has 0 fully saturated rings. The van der Waals surface area contributed by atoms with E-state index in [0.717, 1.165) is 57.8 Å². The van der Waals surface area contributed by atoms with Crippen LogP contribution in [0.5, 0.6) is 0 Å². The topological polar surface area (TPSA) is 120 Å². The van der Waals surface area contributed by atoms with Crippen molar-refractivity contribution >= 4 is 42.3 Å². The molecule has 0 N–H and O–H groups in total. The Kier molecular flexibility index (Phi) is 30.9. The van der Waals surface area contributed by atoms with Crippen LogP contribution in [0.2, 0.25) is 0 Å². The average Bonchev–Trinajstić information content (AvgIpc) is 2.68. The first-order valence-electron chi connectivity index (χ1n) is 12.5.